The highest BCUT2D eigenvalue weighted by Gasteiger charge is 2.15. The lowest BCUT2D eigenvalue weighted by Gasteiger charge is -2.14. The largest absolute Gasteiger partial charge is 0.455 e. The molecular formula is C14H11Cl3N2OS. The molecule has 2 aromatic rings. The normalized spacial score (nSPS) is 10.5. The minimum absolute atomic E-state index is 0.200. The average Bonchev–Trinajstić information content (AvgIpc) is 2.34. The van der Waals surface area contributed by atoms with Gasteiger partial charge in [-0.25, -0.2) is 0 Å². The van der Waals surface area contributed by atoms with Crippen molar-refractivity contribution in [2.45, 2.75) is 13.8 Å². The molecule has 0 aliphatic rings. The van der Waals surface area contributed by atoms with Gasteiger partial charge in [-0.1, -0.05) is 47.0 Å². The number of nitrogens with two attached hydrogens (primary N) is 1. The topological polar surface area (TPSA) is 48.1 Å². The summed E-state index contributed by atoms with van der Waals surface area (Å²) >= 11 is 23.1. The summed E-state index contributed by atoms with van der Waals surface area (Å²) in [6.07, 6.45) is 0. The van der Waals surface area contributed by atoms with Crippen LogP contribution in [0.2, 0.25) is 15.1 Å². The van der Waals surface area contributed by atoms with Crippen molar-refractivity contribution in [1.82, 2.24) is 4.98 Å². The van der Waals surface area contributed by atoms with Gasteiger partial charge in [-0.2, -0.15) is 0 Å². The summed E-state index contributed by atoms with van der Waals surface area (Å²) in [7, 11) is 0. The van der Waals surface area contributed by atoms with Crippen molar-refractivity contribution in [3.8, 4) is 11.5 Å². The summed E-state index contributed by atoms with van der Waals surface area (Å²) in [4.78, 5) is 4.52. The molecule has 1 aromatic carbocycles. The fourth-order valence-corrected chi connectivity index (χ4v) is 2.70. The van der Waals surface area contributed by atoms with Crippen LogP contribution in [-0.4, -0.2) is 9.97 Å². The van der Waals surface area contributed by atoms with E-state index in [1.807, 2.05) is 13.8 Å². The highest BCUT2D eigenvalue weighted by Crippen LogP contribution is 2.37. The van der Waals surface area contributed by atoms with Gasteiger partial charge < -0.3 is 10.5 Å². The number of thiocarbonyl (C=S) groups is 1. The molecule has 2 rings (SSSR count). The smallest absolute Gasteiger partial charge is 0.147 e. The molecule has 0 bridgehead atoms. The zero-order valence-corrected chi connectivity index (χ0v) is 14.3. The van der Waals surface area contributed by atoms with E-state index in [4.69, 9.17) is 57.5 Å². The van der Waals surface area contributed by atoms with Crippen molar-refractivity contribution in [2.75, 3.05) is 0 Å². The molecule has 1 aromatic heterocycles. The molecule has 2 N–H and O–H groups in total. The zero-order valence-electron chi connectivity index (χ0n) is 11.2. The molecule has 0 aliphatic carbocycles. The van der Waals surface area contributed by atoms with Gasteiger partial charge in [0.2, 0.25) is 0 Å². The van der Waals surface area contributed by atoms with Crippen LogP contribution in [-0.2, 0) is 0 Å². The summed E-state index contributed by atoms with van der Waals surface area (Å²) in [6, 6.07) is 4.79. The number of hydrogen-bond acceptors (Lipinski definition) is 3. The number of rotatable bonds is 3. The number of aromatic nitrogens is 1. The van der Waals surface area contributed by atoms with Gasteiger partial charge in [-0.05, 0) is 19.9 Å². The van der Waals surface area contributed by atoms with Crippen LogP contribution in [0.1, 0.15) is 17.0 Å². The molecule has 110 valence electrons. The fourth-order valence-electron chi connectivity index (χ4n) is 1.87. The summed E-state index contributed by atoms with van der Waals surface area (Å²) in [6.45, 7) is 3.66. The summed E-state index contributed by atoms with van der Waals surface area (Å²) in [5.41, 5.74) is 7.77. The molecule has 0 saturated carbocycles. The maximum absolute atomic E-state index is 6.12. The SMILES string of the molecule is Cc1cc(Oc2cc(Cl)c(Cl)cc2Cl)c(C(N)=S)c(C)n1. The highest BCUT2D eigenvalue weighted by molar-refractivity contribution is 7.80. The molecule has 0 aliphatic heterocycles. The van der Waals surface area contributed by atoms with Crippen molar-refractivity contribution in [1.29, 1.82) is 0 Å². The van der Waals surface area contributed by atoms with E-state index in [0.29, 0.717) is 37.8 Å². The van der Waals surface area contributed by atoms with Crippen molar-refractivity contribution in [3.05, 3.63) is 50.2 Å². The Bertz CT molecular complexity index is 735. The Hall–Kier alpha value is -1.07. The predicted molar refractivity (Wildman–Crippen MR) is 91.1 cm³/mol. The van der Waals surface area contributed by atoms with E-state index < -0.39 is 0 Å². The molecule has 1 heterocycles. The first kappa shape index (κ1) is 16.3. The molecule has 0 unspecified atom stereocenters. The minimum Gasteiger partial charge on any atom is -0.455 e. The van der Waals surface area contributed by atoms with E-state index in [0.717, 1.165) is 5.69 Å². The third kappa shape index (κ3) is 3.58. The number of pyridine rings is 1. The van der Waals surface area contributed by atoms with Crippen LogP contribution >= 0.6 is 47.0 Å². The van der Waals surface area contributed by atoms with Crippen LogP contribution in [0.5, 0.6) is 11.5 Å². The maximum Gasteiger partial charge on any atom is 0.147 e. The summed E-state index contributed by atoms with van der Waals surface area (Å²) in [5, 5.41) is 1.03. The lowest BCUT2D eigenvalue weighted by Crippen LogP contribution is -2.14. The second-order valence-electron chi connectivity index (χ2n) is 4.39. The Morgan fingerprint density at radius 2 is 1.67 bits per heavy atom. The summed E-state index contributed by atoms with van der Waals surface area (Å²) < 4.78 is 5.82. The lowest BCUT2D eigenvalue weighted by molar-refractivity contribution is 0.480. The van der Waals surface area contributed by atoms with Crippen LogP contribution in [0.4, 0.5) is 0 Å². The standard InChI is InChI=1S/C14H11Cl3N2OS/c1-6-3-12(13(14(18)21)7(2)19-6)20-11-5-9(16)8(15)4-10(11)17/h3-5H,1-2H3,(H2,18,21). The molecule has 0 radical (unpaired) electrons. The third-order valence-corrected chi connectivity index (χ3v) is 3.96. The first-order valence-electron chi connectivity index (χ1n) is 5.90. The monoisotopic (exact) mass is 360 g/mol. The van der Waals surface area contributed by atoms with E-state index >= 15 is 0 Å². The Balaban J connectivity index is 2.54. The van der Waals surface area contributed by atoms with Crippen molar-refractivity contribution >= 4 is 52.0 Å². The molecule has 0 saturated heterocycles. The molecule has 0 fully saturated rings. The molecule has 7 heteroatoms. The quantitative estimate of drug-likeness (QED) is 0.611. The predicted octanol–water partition coefficient (Wildman–Crippen LogP) is 5.09. The van der Waals surface area contributed by atoms with E-state index in [1.54, 1.807) is 12.1 Å². The Kier molecular flexibility index (Phi) is 4.94. The van der Waals surface area contributed by atoms with Crippen LogP contribution in [0.15, 0.2) is 18.2 Å². The molecule has 0 spiro atoms. The van der Waals surface area contributed by atoms with Crippen molar-refractivity contribution < 1.29 is 4.74 Å². The van der Waals surface area contributed by atoms with Crippen molar-refractivity contribution in [2.24, 2.45) is 5.73 Å². The van der Waals surface area contributed by atoms with E-state index in [9.17, 15) is 0 Å². The number of nitrogens with zero attached hydrogens (tertiary/aromatic N) is 1. The van der Waals surface area contributed by atoms with Gasteiger partial charge in [0.15, 0.2) is 0 Å². The molecule has 0 atom stereocenters. The molecule has 21 heavy (non-hydrogen) atoms. The molecule has 3 nitrogen and oxygen atoms in total. The second-order valence-corrected chi connectivity index (χ2v) is 6.05. The maximum atomic E-state index is 6.12. The molecule has 0 amide bonds. The fraction of sp³-hybridized carbons (Fsp3) is 0.143. The van der Waals surface area contributed by atoms with Gasteiger partial charge >= 0.3 is 0 Å². The third-order valence-electron chi connectivity index (χ3n) is 2.73. The van der Waals surface area contributed by atoms with E-state index in [1.165, 1.54) is 6.07 Å². The van der Waals surface area contributed by atoms with E-state index in [-0.39, 0.29) is 4.99 Å². The van der Waals surface area contributed by atoms with Gasteiger partial charge in [0.05, 0.1) is 26.3 Å². The summed E-state index contributed by atoms with van der Waals surface area (Å²) in [5.74, 6) is 0.848. The zero-order chi connectivity index (χ0) is 15.7. The number of ether oxygens (including phenoxy) is 1. The minimum atomic E-state index is 0.200. The van der Waals surface area contributed by atoms with Crippen molar-refractivity contribution in [3.63, 3.8) is 0 Å². The van der Waals surface area contributed by atoms with Gasteiger partial charge in [0.1, 0.15) is 16.5 Å². The van der Waals surface area contributed by atoms with Crippen LogP contribution in [0.3, 0.4) is 0 Å². The van der Waals surface area contributed by atoms with Gasteiger partial charge in [0, 0.05) is 17.8 Å². The number of aryl methyl sites for hydroxylation is 2. The van der Waals surface area contributed by atoms with Crippen LogP contribution < -0.4 is 10.5 Å². The number of benzene rings is 1. The van der Waals surface area contributed by atoms with Gasteiger partial charge in [-0.15, -0.1) is 0 Å². The highest BCUT2D eigenvalue weighted by atomic mass is 35.5. The Morgan fingerprint density at radius 1 is 1.05 bits per heavy atom. The van der Waals surface area contributed by atoms with E-state index in [2.05, 4.69) is 4.98 Å². The van der Waals surface area contributed by atoms with Gasteiger partial charge in [0.25, 0.3) is 0 Å². The number of halogens is 3. The second kappa shape index (κ2) is 6.36. The van der Waals surface area contributed by atoms with Crippen LogP contribution in [0.25, 0.3) is 0 Å². The lowest BCUT2D eigenvalue weighted by atomic mass is 10.1. The van der Waals surface area contributed by atoms with Crippen LogP contribution in [0, 0.1) is 13.8 Å². The average molecular weight is 362 g/mol. The Morgan fingerprint density at radius 3 is 2.29 bits per heavy atom. The first-order chi connectivity index (χ1) is 9.79. The Labute approximate surface area is 143 Å². The molecular weight excluding hydrogens is 351 g/mol. The number of hydrogen-bond donors (Lipinski definition) is 1. The first-order valence-corrected chi connectivity index (χ1v) is 7.44. The van der Waals surface area contributed by atoms with Gasteiger partial charge in [-0.3, -0.25) is 4.98 Å².